The Kier molecular flexibility index (Phi) is 4.62. The predicted molar refractivity (Wildman–Crippen MR) is 82.7 cm³/mol. The second-order valence-electron chi connectivity index (χ2n) is 4.59. The van der Waals surface area contributed by atoms with Gasteiger partial charge in [0, 0.05) is 18.8 Å². The minimum Gasteiger partial charge on any atom is -0.389 e. The first-order chi connectivity index (χ1) is 9.58. The van der Waals surface area contributed by atoms with E-state index in [1.165, 1.54) is 5.69 Å². The second-order valence-corrected chi connectivity index (χ2v) is 5.03. The molecule has 0 amide bonds. The minimum absolute atomic E-state index is 0.320. The standard InChI is InChI=1S/C13H18N6S/c1-9-8-10(2)19(18-9)7-3-5-15-13-11(12(14)20)4-6-16-17-13/h4,6,8H,3,5,7H2,1-2H3,(H2,14,20)(H,15,17). The van der Waals surface area contributed by atoms with Crippen molar-refractivity contribution in [2.75, 3.05) is 11.9 Å². The van der Waals surface area contributed by atoms with Crippen LogP contribution in [0.3, 0.4) is 0 Å². The Hall–Kier alpha value is -2.02. The zero-order valence-electron chi connectivity index (χ0n) is 11.6. The van der Waals surface area contributed by atoms with Crippen LogP contribution in [0.2, 0.25) is 0 Å². The van der Waals surface area contributed by atoms with Gasteiger partial charge in [-0.15, -0.1) is 5.10 Å². The van der Waals surface area contributed by atoms with Crippen LogP contribution in [0.25, 0.3) is 0 Å². The summed E-state index contributed by atoms with van der Waals surface area (Å²) < 4.78 is 2.00. The average molecular weight is 290 g/mol. The summed E-state index contributed by atoms with van der Waals surface area (Å²) in [4.78, 5) is 0.320. The Balaban J connectivity index is 1.88. The summed E-state index contributed by atoms with van der Waals surface area (Å²) in [5, 5.41) is 15.5. The maximum absolute atomic E-state index is 5.64. The van der Waals surface area contributed by atoms with Gasteiger partial charge in [0.05, 0.1) is 17.5 Å². The van der Waals surface area contributed by atoms with E-state index < -0.39 is 0 Å². The van der Waals surface area contributed by atoms with E-state index in [-0.39, 0.29) is 0 Å². The number of thiocarbonyl (C=S) groups is 1. The topological polar surface area (TPSA) is 81.7 Å². The van der Waals surface area contributed by atoms with Gasteiger partial charge in [-0.2, -0.15) is 10.2 Å². The van der Waals surface area contributed by atoms with E-state index in [1.54, 1.807) is 12.3 Å². The fraction of sp³-hybridized carbons (Fsp3) is 0.385. The number of aryl methyl sites for hydroxylation is 3. The lowest BCUT2D eigenvalue weighted by atomic mass is 10.3. The molecule has 2 heterocycles. The lowest BCUT2D eigenvalue weighted by Gasteiger charge is -2.09. The van der Waals surface area contributed by atoms with Gasteiger partial charge in [0.1, 0.15) is 4.99 Å². The number of nitrogens with zero attached hydrogens (tertiary/aromatic N) is 4. The first-order valence-corrected chi connectivity index (χ1v) is 6.85. The van der Waals surface area contributed by atoms with Crippen LogP contribution >= 0.6 is 12.2 Å². The summed E-state index contributed by atoms with van der Waals surface area (Å²) >= 11 is 4.98. The number of nitrogens with two attached hydrogens (primary N) is 1. The molecule has 0 saturated carbocycles. The molecule has 0 radical (unpaired) electrons. The molecule has 3 N–H and O–H groups in total. The van der Waals surface area contributed by atoms with E-state index in [0.29, 0.717) is 10.8 Å². The minimum atomic E-state index is 0.320. The van der Waals surface area contributed by atoms with E-state index >= 15 is 0 Å². The van der Waals surface area contributed by atoms with E-state index in [4.69, 9.17) is 18.0 Å². The number of hydrogen-bond acceptors (Lipinski definition) is 5. The molecule has 7 heteroatoms. The first kappa shape index (κ1) is 14.4. The molecule has 2 aromatic heterocycles. The van der Waals surface area contributed by atoms with Crippen molar-refractivity contribution in [3.63, 3.8) is 0 Å². The fourth-order valence-electron chi connectivity index (χ4n) is 2.00. The molecule has 0 fully saturated rings. The summed E-state index contributed by atoms with van der Waals surface area (Å²) in [5.41, 5.74) is 8.58. The quantitative estimate of drug-likeness (QED) is 0.618. The molecule has 0 aliphatic rings. The van der Waals surface area contributed by atoms with Crippen LogP contribution in [0.15, 0.2) is 18.3 Å². The zero-order chi connectivity index (χ0) is 14.5. The van der Waals surface area contributed by atoms with Crippen LogP contribution in [0.4, 0.5) is 5.82 Å². The normalized spacial score (nSPS) is 10.5. The third-order valence-corrected chi connectivity index (χ3v) is 3.15. The van der Waals surface area contributed by atoms with Crippen LogP contribution in [0.1, 0.15) is 23.4 Å². The maximum atomic E-state index is 5.64. The van der Waals surface area contributed by atoms with Crippen molar-refractivity contribution >= 4 is 23.0 Å². The molecule has 0 spiro atoms. The molecule has 106 valence electrons. The lowest BCUT2D eigenvalue weighted by Crippen LogP contribution is -2.16. The van der Waals surface area contributed by atoms with Crippen molar-refractivity contribution in [3.05, 3.63) is 35.3 Å². The van der Waals surface area contributed by atoms with Gasteiger partial charge >= 0.3 is 0 Å². The second kappa shape index (κ2) is 6.42. The smallest absolute Gasteiger partial charge is 0.158 e. The van der Waals surface area contributed by atoms with Gasteiger partial charge in [-0.3, -0.25) is 4.68 Å². The highest BCUT2D eigenvalue weighted by Gasteiger charge is 2.06. The van der Waals surface area contributed by atoms with Crippen molar-refractivity contribution in [2.45, 2.75) is 26.8 Å². The molecular formula is C13H18N6S. The van der Waals surface area contributed by atoms with Crippen LogP contribution < -0.4 is 11.1 Å². The molecule has 2 rings (SSSR count). The van der Waals surface area contributed by atoms with Crippen molar-refractivity contribution in [1.29, 1.82) is 0 Å². The number of hydrogen-bond donors (Lipinski definition) is 2. The SMILES string of the molecule is Cc1cc(C)n(CCCNc2nnccc2C(N)=S)n1. The molecule has 0 aliphatic carbocycles. The van der Waals surface area contributed by atoms with Gasteiger partial charge in [0.2, 0.25) is 0 Å². The fourth-order valence-corrected chi connectivity index (χ4v) is 2.16. The number of rotatable bonds is 6. The Bertz CT molecular complexity index is 607. The molecule has 2 aromatic rings. The molecule has 0 saturated heterocycles. The number of nitrogens with one attached hydrogen (secondary N) is 1. The van der Waals surface area contributed by atoms with Crippen molar-refractivity contribution in [1.82, 2.24) is 20.0 Å². The van der Waals surface area contributed by atoms with Crippen LogP contribution in [0, 0.1) is 13.8 Å². The summed E-state index contributed by atoms with van der Waals surface area (Å²) in [6.45, 7) is 5.67. The van der Waals surface area contributed by atoms with Gasteiger partial charge in [-0.25, -0.2) is 0 Å². The number of anilines is 1. The van der Waals surface area contributed by atoms with Crippen molar-refractivity contribution in [3.8, 4) is 0 Å². The van der Waals surface area contributed by atoms with Crippen LogP contribution in [-0.2, 0) is 6.54 Å². The summed E-state index contributed by atoms with van der Waals surface area (Å²) in [7, 11) is 0. The Labute approximate surface area is 123 Å². The monoisotopic (exact) mass is 290 g/mol. The van der Waals surface area contributed by atoms with Crippen LogP contribution in [0.5, 0.6) is 0 Å². The van der Waals surface area contributed by atoms with E-state index in [2.05, 4.69) is 33.6 Å². The third kappa shape index (κ3) is 3.51. The van der Waals surface area contributed by atoms with Gasteiger partial charge in [0.15, 0.2) is 5.82 Å². The zero-order valence-corrected chi connectivity index (χ0v) is 12.4. The van der Waals surface area contributed by atoms with Crippen molar-refractivity contribution < 1.29 is 0 Å². The van der Waals surface area contributed by atoms with E-state index in [9.17, 15) is 0 Å². The van der Waals surface area contributed by atoms with E-state index in [0.717, 1.165) is 30.8 Å². The summed E-state index contributed by atoms with van der Waals surface area (Å²) in [6, 6.07) is 3.83. The van der Waals surface area contributed by atoms with Crippen LogP contribution in [-0.4, -0.2) is 31.5 Å². The number of aromatic nitrogens is 4. The Morgan fingerprint density at radius 3 is 2.90 bits per heavy atom. The predicted octanol–water partition coefficient (Wildman–Crippen LogP) is 1.43. The lowest BCUT2D eigenvalue weighted by molar-refractivity contribution is 0.573. The highest BCUT2D eigenvalue weighted by atomic mass is 32.1. The molecular weight excluding hydrogens is 272 g/mol. The highest BCUT2D eigenvalue weighted by molar-refractivity contribution is 7.80. The summed E-state index contributed by atoms with van der Waals surface area (Å²) in [5.74, 6) is 0.633. The third-order valence-electron chi connectivity index (χ3n) is 2.93. The van der Waals surface area contributed by atoms with Gasteiger partial charge < -0.3 is 11.1 Å². The molecule has 0 aliphatic heterocycles. The largest absolute Gasteiger partial charge is 0.389 e. The van der Waals surface area contributed by atoms with Gasteiger partial charge in [0.25, 0.3) is 0 Å². The molecule has 0 aromatic carbocycles. The van der Waals surface area contributed by atoms with E-state index in [1.807, 2.05) is 11.6 Å². The molecule has 0 bridgehead atoms. The molecule has 20 heavy (non-hydrogen) atoms. The molecule has 6 nitrogen and oxygen atoms in total. The Morgan fingerprint density at radius 1 is 1.45 bits per heavy atom. The van der Waals surface area contributed by atoms with Gasteiger partial charge in [-0.1, -0.05) is 12.2 Å². The van der Waals surface area contributed by atoms with Gasteiger partial charge in [-0.05, 0) is 32.4 Å². The summed E-state index contributed by atoms with van der Waals surface area (Å²) in [6.07, 6.45) is 2.50. The Morgan fingerprint density at radius 2 is 2.25 bits per heavy atom. The molecule has 0 atom stereocenters. The van der Waals surface area contributed by atoms with Crippen molar-refractivity contribution in [2.24, 2.45) is 5.73 Å². The maximum Gasteiger partial charge on any atom is 0.158 e. The average Bonchev–Trinajstić information content (AvgIpc) is 2.73. The molecule has 0 unspecified atom stereocenters. The highest BCUT2D eigenvalue weighted by Crippen LogP contribution is 2.10. The first-order valence-electron chi connectivity index (χ1n) is 6.44.